The van der Waals surface area contributed by atoms with E-state index in [2.05, 4.69) is 25.5 Å². The third kappa shape index (κ3) is 2.98. The predicted molar refractivity (Wildman–Crippen MR) is 58.8 cm³/mol. The topological polar surface area (TPSA) is 70.2 Å². The number of carbonyl (C=O) groups is 1. The number of carbonyl (C=O) groups excluding carboxylic acids is 1. The average molecular weight is 221 g/mol. The first kappa shape index (κ1) is 11.0. The summed E-state index contributed by atoms with van der Waals surface area (Å²) in [6.07, 6.45) is 4.53. The summed E-state index contributed by atoms with van der Waals surface area (Å²) in [4.78, 5) is 21.6. The first-order chi connectivity index (χ1) is 7.86. The molecule has 2 rings (SSSR count). The van der Waals surface area contributed by atoms with E-state index in [0.29, 0.717) is 12.4 Å². The summed E-state index contributed by atoms with van der Waals surface area (Å²) < 4.78 is 0. The summed E-state index contributed by atoms with van der Waals surface area (Å²) in [6.45, 7) is 4.43. The lowest BCUT2D eigenvalue weighted by Gasteiger charge is -2.27. The minimum Gasteiger partial charge on any atom is -0.338 e. The van der Waals surface area contributed by atoms with E-state index in [-0.39, 0.29) is 5.91 Å². The smallest absolute Gasteiger partial charge is 0.272 e. The highest BCUT2D eigenvalue weighted by molar-refractivity contribution is 5.91. The molecule has 0 aromatic carbocycles. The van der Waals surface area contributed by atoms with Crippen LogP contribution in [0.25, 0.3) is 0 Å². The van der Waals surface area contributed by atoms with Crippen molar-refractivity contribution in [1.29, 1.82) is 0 Å². The van der Waals surface area contributed by atoms with Gasteiger partial charge >= 0.3 is 0 Å². The van der Waals surface area contributed by atoms with Crippen LogP contribution in [0.2, 0.25) is 0 Å². The molecule has 0 unspecified atom stereocenters. The van der Waals surface area contributed by atoms with Gasteiger partial charge in [-0.05, 0) is 0 Å². The number of piperazine rings is 1. The zero-order valence-corrected chi connectivity index (χ0v) is 9.02. The highest BCUT2D eigenvalue weighted by Crippen LogP contribution is 1.92. The van der Waals surface area contributed by atoms with Crippen LogP contribution in [0, 0.1) is 0 Å². The molecule has 1 saturated heterocycles. The van der Waals surface area contributed by atoms with Crippen molar-refractivity contribution in [2.45, 2.75) is 0 Å². The zero-order valence-electron chi connectivity index (χ0n) is 9.02. The van der Waals surface area contributed by atoms with Crippen molar-refractivity contribution >= 4 is 5.91 Å². The van der Waals surface area contributed by atoms with Gasteiger partial charge < -0.3 is 10.6 Å². The lowest BCUT2D eigenvalue weighted by molar-refractivity contribution is 0.0912. The molecule has 1 amide bonds. The van der Waals surface area contributed by atoms with Gasteiger partial charge in [0.05, 0.1) is 12.9 Å². The van der Waals surface area contributed by atoms with Gasteiger partial charge in [-0.25, -0.2) is 4.98 Å². The second kappa shape index (κ2) is 5.53. The Morgan fingerprint density at radius 3 is 2.94 bits per heavy atom. The fraction of sp³-hybridized carbons (Fsp3) is 0.500. The maximum atomic E-state index is 11.6. The van der Waals surface area contributed by atoms with Crippen molar-refractivity contribution < 1.29 is 4.79 Å². The van der Waals surface area contributed by atoms with E-state index >= 15 is 0 Å². The van der Waals surface area contributed by atoms with Crippen LogP contribution in [0.15, 0.2) is 18.6 Å². The first-order valence-electron chi connectivity index (χ1n) is 5.33. The fourth-order valence-corrected chi connectivity index (χ4v) is 1.56. The van der Waals surface area contributed by atoms with Gasteiger partial charge in [0.2, 0.25) is 0 Å². The molecule has 2 heterocycles. The quantitative estimate of drug-likeness (QED) is 0.690. The molecule has 1 aromatic rings. The summed E-state index contributed by atoms with van der Waals surface area (Å²) in [5.41, 5.74) is 0.359. The molecule has 86 valence electrons. The molecule has 0 saturated carbocycles. The summed E-state index contributed by atoms with van der Waals surface area (Å²) in [5.74, 6) is -0.174. The average Bonchev–Trinajstić information content (AvgIpc) is 2.38. The van der Waals surface area contributed by atoms with Gasteiger partial charge in [-0.3, -0.25) is 14.7 Å². The van der Waals surface area contributed by atoms with E-state index in [4.69, 9.17) is 0 Å². The maximum absolute atomic E-state index is 11.6. The number of hydrogen-bond donors (Lipinski definition) is 2. The molecular weight excluding hydrogens is 206 g/mol. The van der Waals surface area contributed by atoms with E-state index in [1.165, 1.54) is 12.4 Å². The summed E-state index contributed by atoms with van der Waals surface area (Å²) >= 11 is 0. The van der Waals surface area contributed by atoms with E-state index in [9.17, 15) is 4.79 Å². The molecule has 6 nitrogen and oxygen atoms in total. The molecule has 1 aliphatic heterocycles. The molecule has 0 spiro atoms. The molecule has 0 atom stereocenters. The Kier molecular flexibility index (Phi) is 3.79. The monoisotopic (exact) mass is 221 g/mol. The second-order valence-electron chi connectivity index (χ2n) is 3.62. The lowest BCUT2D eigenvalue weighted by atomic mass is 10.4. The standard InChI is InChI=1S/C10H15N5O/c16-10(9-7-12-1-2-13-9)14-8-15-5-3-11-4-6-15/h1-2,7,11H,3-6,8H2,(H,14,16). The Morgan fingerprint density at radius 2 is 2.25 bits per heavy atom. The molecule has 1 aliphatic rings. The second-order valence-corrected chi connectivity index (χ2v) is 3.62. The minimum absolute atomic E-state index is 0.174. The first-order valence-corrected chi connectivity index (χ1v) is 5.33. The van der Waals surface area contributed by atoms with Crippen molar-refractivity contribution in [2.24, 2.45) is 0 Å². The van der Waals surface area contributed by atoms with Crippen LogP contribution in [0.3, 0.4) is 0 Å². The van der Waals surface area contributed by atoms with Crippen LogP contribution in [-0.2, 0) is 0 Å². The van der Waals surface area contributed by atoms with Gasteiger partial charge in [-0.2, -0.15) is 0 Å². The number of rotatable bonds is 3. The zero-order chi connectivity index (χ0) is 11.2. The van der Waals surface area contributed by atoms with Crippen LogP contribution in [0.5, 0.6) is 0 Å². The van der Waals surface area contributed by atoms with Crippen LogP contribution in [0.4, 0.5) is 0 Å². The van der Waals surface area contributed by atoms with Crippen molar-refractivity contribution in [2.75, 3.05) is 32.8 Å². The fourth-order valence-electron chi connectivity index (χ4n) is 1.56. The number of amides is 1. The van der Waals surface area contributed by atoms with Gasteiger partial charge in [0.25, 0.3) is 5.91 Å². The van der Waals surface area contributed by atoms with Crippen molar-refractivity contribution in [3.63, 3.8) is 0 Å². The number of nitrogens with zero attached hydrogens (tertiary/aromatic N) is 3. The lowest BCUT2D eigenvalue weighted by Crippen LogP contribution is -2.48. The van der Waals surface area contributed by atoms with Gasteiger partial charge in [0, 0.05) is 38.6 Å². The maximum Gasteiger partial charge on any atom is 0.272 e. The molecule has 0 bridgehead atoms. The Hall–Kier alpha value is -1.53. The Bertz CT molecular complexity index is 336. The van der Waals surface area contributed by atoms with Crippen LogP contribution >= 0.6 is 0 Å². The van der Waals surface area contributed by atoms with Gasteiger partial charge in [0.15, 0.2) is 0 Å². The summed E-state index contributed by atoms with van der Waals surface area (Å²) in [6, 6.07) is 0. The van der Waals surface area contributed by atoms with Crippen LogP contribution < -0.4 is 10.6 Å². The number of hydrogen-bond acceptors (Lipinski definition) is 5. The van der Waals surface area contributed by atoms with Crippen LogP contribution in [-0.4, -0.2) is 53.6 Å². The molecule has 16 heavy (non-hydrogen) atoms. The van der Waals surface area contributed by atoms with E-state index in [1.807, 2.05) is 0 Å². The number of nitrogens with one attached hydrogen (secondary N) is 2. The number of aromatic nitrogens is 2. The van der Waals surface area contributed by atoms with E-state index in [0.717, 1.165) is 26.2 Å². The third-order valence-electron chi connectivity index (χ3n) is 2.47. The van der Waals surface area contributed by atoms with Crippen molar-refractivity contribution in [1.82, 2.24) is 25.5 Å². The molecule has 2 N–H and O–H groups in total. The molecule has 6 heteroatoms. The Balaban J connectivity index is 1.79. The highest BCUT2D eigenvalue weighted by Gasteiger charge is 2.11. The largest absolute Gasteiger partial charge is 0.338 e. The molecule has 0 radical (unpaired) electrons. The van der Waals surface area contributed by atoms with Gasteiger partial charge in [-0.1, -0.05) is 0 Å². The molecule has 0 aliphatic carbocycles. The summed E-state index contributed by atoms with van der Waals surface area (Å²) in [5, 5.41) is 6.08. The normalized spacial score (nSPS) is 17.0. The predicted octanol–water partition coefficient (Wildman–Crippen LogP) is -0.931. The van der Waals surface area contributed by atoms with E-state index in [1.54, 1.807) is 6.20 Å². The molecule has 1 fully saturated rings. The SMILES string of the molecule is O=C(NCN1CCNCC1)c1cnccn1. The minimum atomic E-state index is -0.174. The third-order valence-corrected chi connectivity index (χ3v) is 2.47. The summed E-state index contributed by atoms with van der Waals surface area (Å²) in [7, 11) is 0. The van der Waals surface area contributed by atoms with E-state index < -0.39 is 0 Å². The van der Waals surface area contributed by atoms with Gasteiger partial charge in [-0.15, -0.1) is 0 Å². The van der Waals surface area contributed by atoms with Gasteiger partial charge in [0.1, 0.15) is 5.69 Å². The van der Waals surface area contributed by atoms with Crippen LogP contribution in [0.1, 0.15) is 10.5 Å². The molecule has 1 aromatic heterocycles. The Morgan fingerprint density at radius 1 is 1.44 bits per heavy atom. The Labute approximate surface area is 94.1 Å². The highest BCUT2D eigenvalue weighted by atomic mass is 16.2. The van der Waals surface area contributed by atoms with Crippen molar-refractivity contribution in [3.8, 4) is 0 Å². The molecular formula is C10H15N5O. The van der Waals surface area contributed by atoms with Crippen molar-refractivity contribution in [3.05, 3.63) is 24.3 Å².